The fraction of sp³-hybridized carbons (Fsp3) is 0.280. The van der Waals surface area contributed by atoms with E-state index in [4.69, 9.17) is 9.15 Å². The van der Waals surface area contributed by atoms with E-state index in [-0.39, 0.29) is 23.5 Å². The molecule has 0 saturated carbocycles. The van der Waals surface area contributed by atoms with Crippen LogP contribution in [0.3, 0.4) is 0 Å². The van der Waals surface area contributed by atoms with E-state index < -0.39 is 21.8 Å². The Balaban J connectivity index is 1.57. The largest absolute Gasteiger partial charge is 0.495 e. The van der Waals surface area contributed by atoms with Crippen LogP contribution in [0, 0.1) is 0 Å². The van der Waals surface area contributed by atoms with Gasteiger partial charge in [-0.15, -0.1) is 0 Å². The third-order valence-corrected chi connectivity index (χ3v) is 7.61. The summed E-state index contributed by atoms with van der Waals surface area (Å²) < 4.78 is 38.1. The Hall–Kier alpha value is -3.63. The second-order valence-corrected chi connectivity index (χ2v) is 10.1. The normalized spacial score (nSPS) is 14.0. The third kappa shape index (κ3) is 5.72. The number of ether oxygens (including phenoxy) is 1. The van der Waals surface area contributed by atoms with Crippen molar-refractivity contribution in [2.75, 3.05) is 32.1 Å². The fourth-order valence-electron chi connectivity index (χ4n) is 3.95. The van der Waals surface area contributed by atoms with Crippen LogP contribution < -0.4 is 10.1 Å². The molecule has 1 aliphatic heterocycles. The Morgan fingerprint density at radius 3 is 2.54 bits per heavy atom. The van der Waals surface area contributed by atoms with Crippen molar-refractivity contribution in [2.45, 2.75) is 24.3 Å². The molecule has 1 aliphatic rings. The van der Waals surface area contributed by atoms with E-state index in [1.165, 1.54) is 40.8 Å². The quantitative estimate of drug-likeness (QED) is 0.486. The first kappa shape index (κ1) is 24.5. The van der Waals surface area contributed by atoms with Crippen molar-refractivity contribution in [3.05, 3.63) is 78.3 Å². The van der Waals surface area contributed by atoms with E-state index in [2.05, 4.69) is 5.32 Å². The highest BCUT2D eigenvalue weighted by Crippen LogP contribution is 2.24. The fourth-order valence-corrected chi connectivity index (χ4v) is 5.51. The second-order valence-electron chi connectivity index (χ2n) is 8.13. The zero-order valence-corrected chi connectivity index (χ0v) is 20.2. The number of anilines is 1. The van der Waals surface area contributed by atoms with Crippen LogP contribution in [0.15, 0.2) is 76.2 Å². The summed E-state index contributed by atoms with van der Waals surface area (Å²) in [6, 6.07) is 16.3. The maximum atomic E-state index is 13.5. The van der Waals surface area contributed by atoms with Gasteiger partial charge in [-0.1, -0.05) is 18.2 Å². The summed E-state index contributed by atoms with van der Waals surface area (Å²) in [6.45, 7) is 0.692. The van der Waals surface area contributed by atoms with Gasteiger partial charge in [-0.2, -0.15) is 4.31 Å². The molecule has 1 saturated heterocycles. The topological polar surface area (TPSA) is 109 Å². The minimum absolute atomic E-state index is 0.0360. The van der Waals surface area contributed by atoms with Crippen molar-refractivity contribution in [1.29, 1.82) is 0 Å². The van der Waals surface area contributed by atoms with E-state index in [0.717, 1.165) is 12.8 Å². The van der Waals surface area contributed by atoms with E-state index in [9.17, 15) is 18.0 Å². The molecule has 2 aromatic carbocycles. The van der Waals surface area contributed by atoms with Crippen LogP contribution in [0.5, 0.6) is 5.75 Å². The van der Waals surface area contributed by atoms with Crippen LogP contribution in [-0.4, -0.2) is 56.2 Å². The lowest BCUT2D eigenvalue weighted by Crippen LogP contribution is -2.37. The van der Waals surface area contributed by atoms with Gasteiger partial charge in [0.25, 0.3) is 5.91 Å². The number of hydrogen-bond donors (Lipinski definition) is 1. The molecule has 1 N–H and O–H groups in total. The van der Waals surface area contributed by atoms with E-state index in [1.54, 1.807) is 42.5 Å². The SMILES string of the molecule is COc1ccccc1NC(=O)CN(Cc1ccco1)C(=O)c1cccc(S(=O)(=O)N2CCCC2)c1. The number of carbonyl (C=O) groups is 2. The maximum absolute atomic E-state index is 13.5. The van der Waals surface area contributed by atoms with Crippen LogP contribution in [0.25, 0.3) is 0 Å². The lowest BCUT2D eigenvalue weighted by atomic mass is 10.2. The average Bonchev–Trinajstić information content (AvgIpc) is 3.59. The molecule has 1 fully saturated rings. The van der Waals surface area contributed by atoms with Crippen molar-refractivity contribution in [2.24, 2.45) is 0 Å². The van der Waals surface area contributed by atoms with Gasteiger partial charge in [-0.3, -0.25) is 9.59 Å². The third-order valence-electron chi connectivity index (χ3n) is 5.71. The molecule has 0 atom stereocenters. The molecule has 184 valence electrons. The Morgan fingerprint density at radius 1 is 1.06 bits per heavy atom. The van der Waals surface area contributed by atoms with Crippen LogP contribution in [0.4, 0.5) is 5.69 Å². The summed E-state index contributed by atoms with van der Waals surface area (Å²) in [5, 5.41) is 2.76. The van der Waals surface area contributed by atoms with E-state index >= 15 is 0 Å². The number of para-hydroxylation sites is 2. The van der Waals surface area contributed by atoms with Gasteiger partial charge in [0.1, 0.15) is 18.1 Å². The standard InChI is InChI=1S/C25H27N3O6S/c1-33-23-12-3-2-11-22(23)26-24(29)18-27(17-20-9-7-15-34-20)25(30)19-8-6-10-21(16-19)35(31,32)28-13-4-5-14-28/h2-3,6-12,15-16H,4-5,13-14,17-18H2,1H3,(H,26,29). The first-order valence-corrected chi connectivity index (χ1v) is 12.7. The van der Waals surface area contributed by atoms with E-state index in [0.29, 0.717) is 30.3 Å². The van der Waals surface area contributed by atoms with Crippen LogP contribution >= 0.6 is 0 Å². The Kier molecular flexibility index (Phi) is 7.52. The number of nitrogens with zero attached hydrogens (tertiary/aromatic N) is 2. The molecule has 0 spiro atoms. The first-order valence-electron chi connectivity index (χ1n) is 11.2. The highest BCUT2D eigenvalue weighted by Gasteiger charge is 2.28. The Labute approximate surface area is 204 Å². The molecule has 10 heteroatoms. The van der Waals surface area contributed by atoms with Gasteiger partial charge in [0.2, 0.25) is 15.9 Å². The number of carbonyl (C=O) groups excluding carboxylic acids is 2. The monoisotopic (exact) mass is 497 g/mol. The summed E-state index contributed by atoms with van der Waals surface area (Å²) in [6.07, 6.45) is 3.11. The van der Waals surface area contributed by atoms with Crippen molar-refractivity contribution in [3.63, 3.8) is 0 Å². The number of benzene rings is 2. The highest BCUT2D eigenvalue weighted by atomic mass is 32.2. The summed E-state index contributed by atoms with van der Waals surface area (Å²) in [5.74, 6) is 0.0548. The summed E-state index contributed by atoms with van der Waals surface area (Å²) in [4.78, 5) is 27.7. The highest BCUT2D eigenvalue weighted by molar-refractivity contribution is 7.89. The summed E-state index contributed by atoms with van der Waals surface area (Å²) in [5.41, 5.74) is 0.644. The molecule has 0 unspecified atom stereocenters. The second kappa shape index (κ2) is 10.7. The predicted molar refractivity (Wildman–Crippen MR) is 130 cm³/mol. The van der Waals surface area contributed by atoms with Gasteiger partial charge < -0.3 is 19.4 Å². The van der Waals surface area contributed by atoms with Gasteiger partial charge in [-0.05, 0) is 55.3 Å². The summed E-state index contributed by atoms with van der Waals surface area (Å²) >= 11 is 0. The van der Waals surface area contributed by atoms with Crippen molar-refractivity contribution in [1.82, 2.24) is 9.21 Å². The Morgan fingerprint density at radius 2 is 1.83 bits per heavy atom. The molecule has 35 heavy (non-hydrogen) atoms. The number of rotatable bonds is 9. The number of nitrogens with one attached hydrogen (secondary N) is 1. The van der Waals surface area contributed by atoms with Crippen molar-refractivity contribution >= 4 is 27.5 Å². The van der Waals surface area contributed by atoms with Gasteiger partial charge in [-0.25, -0.2) is 8.42 Å². The molecule has 9 nitrogen and oxygen atoms in total. The molecule has 0 bridgehead atoms. The molecule has 2 heterocycles. The van der Waals surface area contributed by atoms with Crippen molar-refractivity contribution < 1.29 is 27.2 Å². The number of amides is 2. The predicted octanol–water partition coefficient (Wildman–Crippen LogP) is 3.35. The Bertz CT molecular complexity index is 1280. The number of methoxy groups -OCH3 is 1. The average molecular weight is 498 g/mol. The zero-order valence-electron chi connectivity index (χ0n) is 19.3. The lowest BCUT2D eigenvalue weighted by Gasteiger charge is -2.22. The van der Waals surface area contributed by atoms with Crippen molar-refractivity contribution in [3.8, 4) is 5.75 Å². The smallest absolute Gasteiger partial charge is 0.254 e. The molecular formula is C25H27N3O6S. The number of hydrogen-bond acceptors (Lipinski definition) is 6. The van der Waals surface area contributed by atoms with Gasteiger partial charge in [0, 0.05) is 18.7 Å². The van der Waals surface area contributed by atoms with Crippen LogP contribution in [-0.2, 0) is 21.4 Å². The molecule has 3 aromatic rings. The minimum Gasteiger partial charge on any atom is -0.495 e. The van der Waals surface area contributed by atoms with E-state index in [1.807, 2.05) is 0 Å². The summed E-state index contributed by atoms with van der Waals surface area (Å²) in [7, 11) is -2.19. The van der Waals surface area contributed by atoms with Gasteiger partial charge in [0.15, 0.2) is 0 Å². The van der Waals surface area contributed by atoms with Gasteiger partial charge >= 0.3 is 0 Å². The van der Waals surface area contributed by atoms with Gasteiger partial charge in [0.05, 0.1) is 30.5 Å². The molecular weight excluding hydrogens is 470 g/mol. The maximum Gasteiger partial charge on any atom is 0.254 e. The number of sulfonamides is 1. The molecule has 1 aromatic heterocycles. The van der Waals surface area contributed by atoms with Crippen LogP contribution in [0.1, 0.15) is 29.0 Å². The zero-order chi connectivity index (χ0) is 24.8. The molecule has 0 radical (unpaired) electrons. The van der Waals surface area contributed by atoms with Crippen LogP contribution in [0.2, 0.25) is 0 Å². The minimum atomic E-state index is -3.69. The molecule has 2 amide bonds. The number of furan rings is 1. The molecule has 0 aliphatic carbocycles. The molecule has 4 rings (SSSR count). The first-order chi connectivity index (χ1) is 16.9. The lowest BCUT2D eigenvalue weighted by molar-refractivity contribution is -0.117.